The smallest absolute Gasteiger partial charge is 0.0541 e. The Morgan fingerprint density at radius 1 is 0.355 bits per heavy atom. The first kappa shape index (κ1) is 37.8. The molecule has 0 amide bonds. The molecule has 0 aliphatic rings. The van der Waals surface area contributed by atoms with Gasteiger partial charge in [-0.3, -0.25) is 0 Å². The van der Waals surface area contributed by atoms with Crippen LogP contribution in [0, 0.1) is 0 Å². The third-order valence-corrected chi connectivity index (χ3v) is 13.0. The van der Waals surface area contributed by atoms with Crippen LogP contribution in [0.4, 0.5) is 17.1 Å². The van der Waals surface area contributed by atoms with E-state index in [1.807, 2.05) is 0 Å². The maximum atomic E-state index is 2.51. The minimum absolute atomic E-state index is 0.0405. The Morgan fingerprint density at radius 3 is 1.47 bits per heavy atom. The van der Waals surface area contributed by atoms with Gasteiger partial charge in [0.2, 0.25) is 0 Å². The molecule has 1 heterocycles. The molecule has 0 aliphatic carbocycles. The molecule has 0 saturated carbocycles. The van der Waals surface area contributed by atoms with E-state index in [-0.39, 0.29) is 10.8 Å². The van der Waals surface area contributed by atoms with E-state index in [1.54, 1.807) is 0 Å². The Balaban J connectivity index is 1.14. The molecule has 0 radical (unpaired) electrons. The first-order valence-corrected chi connectivity index (χ1v) is 21.9. The highest BCUT2D eigenvalue weighted by molar-refractivity contribution is 6.27. The van der Waals surface area contributed by atoms with Crippen molar-refractivity contribution in [2.75, 3.05) is 4.90 Å². The molecule has 2 nitrogen and oxygen atoms in total. The zero-order valence-corrected chi connectivity index (χ0v) is 36.4. The van der Waals surface area contributed by atoms with Gasteiger partial charge < -0.3 is 9.47 Å². The van der Waals surface area contributed by atoms with Gasteiger partial charge >= 0.3 is 0 Å². The van der Waals surface area contributed by atoms with Gasteiger partial charge in [0.25, 0.3) is 0 Å². The maximum Gasteiger partial charge on any atom is 0.0541 e. The highest BCUT2D eigenvalue weighted by Crippen LogP contribution is 2.47. The highest BCUT2D eigenvalue weighted by Gasteiger charge is 2.26. The van der Waals surface area contributed by atoms with Gasteiger partial charge in [0.05, 0.1) is 22.4 Å². The number of fused-ring (bicyclic) bond motifs is 3. The van der Waals surface area contributed by atoms with Crippen molar-refractivity contribution in [1.29, 1.82) is 0 Å². The van der Waals surface area contributed by atoms with E-state index in [2.05, 4.69) is 245 Å². The van der Waals surface area contributed by atoms with Crippen molar-refractivity contribution in [3.63, 3.8) is 0 Å². The van der Waals surface area contributed by atoms with Crippen molar-refractivity contribution < 1.29 is 0 Å². The molecule has 0 spiro atoms. The number of hydrogen-bond donors (Lipinski definition) is 0. The molecule has 0 saturated heterocycles. The van der Waals surface area contributed by atoms with Gasteiger partial charge in [-0.15, -0.1) is 0 Å². The van der Waals surface area contributed by atoms with Crippen LogP contribution in [0.25, 0.3) is 82.1 Å². The van der Waals surface area contributed by atoms with E-state index in [4.69, 9.17) is 0 Å². The summed E-state index contributed by atoms with van der Waals surface area (Å²) in [6.07, 6.45) is 0. The summed E-state index contributed by atoms with van der Waals surface area (Å²) in [6, 6.07) is 72.3. The SMILES string of the molecule is CC(C)(C)c1cc(N(c2ccc(-c3cccc(-c4ccccc4)c3)cc2)c2ccc3ccc4c(-n5c6ccccc6c6ccccc65)ccc5ccc2c3c54)cc(C(C)(C)C)c1. The highest BCUT2D eigenvalue weighted by atomic mass is 15.1. The van der Waals surface area contributed by atoms with Gasteiger partial charge in [0.1, 0.15) is 0 Å². The van der Waals surface area contributed by atoms with Crippen LogP contribution >= 0.6 is 0 Å². The van der Waals surface area contributed by atoms with E-state index in [1.165, 1.54) is 105 Å². The van der Waals surface area contributed by atoms with E-state index >= 15 is 0 Å². The van der Waals surface area contributed by atoms with Gasteiger partial charge in [-0.05, 0) is 120 Å². The molecule has 0 N–H and O–H groups in total. The Morgan fingerprint density at radius 2 is 0.855 bits per heavy atom. The average molecular weight is 799 g/mol. The third kappa shape index (κ3) is 6.24. The van der Waals surface area contributed by atoms with Crippen LogP contribution in [0.2, 0.25) is 0 Å². The largest absolute Gasteiger partial charge is 0.310 e. The van der Waals surface area contributed by atoms with E-state index in [0.717, 1.165) is 5.69 Å². The van der Waals surface area contributed by atoms with E-state index in [9.17, 15) is 0 Å². The predicted molar refractivity (Wildman–Crippen MR) is 267 cm³/mol. The molecule has 1 aromatic heterocycles. The molecule has 62 heavy (non-hydrogen) atoms. The number of rotatable bonds is 6. The summed E-state index contributed by atoms with van der Waals surface area (Å²) < 4.78 is 2.47. The van der Waals surface area contributed by atoms with Gasteiger partial charge in [0, 0.05) is 32.9 Å². The summed E-state index contributed by atoms with van der Waals surface area (Å²) in [5, 5.41) is 10.1. The minimum atomic E-state index is -0.0405. The van der Waals surface area contributed by atoms with Crippen molar-refractivity contribution in [3.05, 3.63) is 205 Å². The summed E-state index contributed by atoms with van der Waals surface area (Å²) in [5.41, 5.74) is 14.5. The lowest BCUT2D eigenvalue weighted by Gasteiger charge is -2.32. The summed E-state index contributed by atoms with van der Waals surface area (Å²) in [6.45, 7) is 14.0. The number of benzene rings is 10. The summed E-state index contributed by atoms with van der Waals surface area (Å²) in [4.78, 5) is 2.51. The van der Waals surface area contributed by atoms with Crippen molar-refractivity contribution in [2.45, 2.75) is 52.4 Å². The second-order valence-electron chi connectivity index (χ2n) is 19.1. The first-order chi connectivity index (χ1) is 30.0. The zero-order valence-electron chi connectivity index (χ0n) is 36.4. The Kier molecular flexibility index (Phi) is 8.67. The quantitative estimate of drug-likeness (QED) is 0.152. The number of para-hydroxylation sites is 2. The molecule has 0 aliphatic heterocycles. The Hall–Kier alpha value is -7.16. The van der Waals surface area contributed by atoms with Crippen LogP contribution in [0.5, 0.6) is 0 Å². The second-order valence-corrected chi connectivity index (χ2v) is 19.1. The number of hydrogen-bond acceptors (Lipinski definition) is 1. The fourth-order valence-electron chi connectivity index (χ4n) is 9.69. The molecule has 11 rings (SSSR count). The minimum Gasteiger partial charge on any atom is -0.310 e. The van der Waals surface area contributed by atoms with Crippen molar-refractivity contribution in [3.8, 4) is 27.9 Å². The Bertz CT molecular complexity index is 3380. The van der Waals surface area contributed by atoms with Crippen LogP contribution in [0.15, 0.2) is 194 Å². The fourth-order valence-corrected chi connectivity index (χ4v) is 9.69. The number of anilines is 3. The van der Waals surface area contributed by atoms with Crippen molar-refractivity contribution in [2.24, 2.45) is 0 Å². The zero-order chi connectivity index (χ0) is 42.3. The first-order valence-electron chi connectivity index (χ1n) is 21.9. The maximum absolute atomic E-state index is 2.51. The van der Waals surface area contributed by atoms with E-state index < -0.39 is 0 Å². The third-order valence-electron chi connectivity index (χ3n) is 13.0. The lowest BCUT2D eigenvalue weighted by atomic mass is 9.80. The molecular formula is C60H50N2. The molecule has 0 unspecified atom stereocenters. The topological polar surface area (TPSA) is 8.17 Å². The lowest BCUT2D eigenvalue weighted by Crippen LogP contribution is -2.19. The second kappa shape index (κ2) is 14.2. The van der Waals surface area contributed by atoms with Crippen LogP contribution in [0.1, 0.15) is 52.7 Å². The predicted octanol–water partition coefficient (Wildman–Crippen LogP) is 17.1. The standard InChI is InChI=1S/C60H50N2/c1-59(2,3)45-36-46(60(4,5)6)38-48(37-45)61(47-29-23-40(24-30-47)44-18-14-17-43(35-44)39-15-8-7-9-16-39)55-33-27-41-26-32-52-56(34-28-42-25-31-51(55)57(41)58(42)52)62-53-21-12-10-19-49(53)50-20-11-13-22-54(50)62/h7-38H,1-6H3. The van der Waals surface area contributed by atoms with Crippen LogP contribution in [-0.2, 0) is 10.8 Å². The molecule has 2 heteroatoms. The summed E-state index contributed by atoms with van der Waals surface area (Å²) >= 11 is 0. The fraction of sp³-hybridized carbons (Fsp3) is 0.133. The van der Waals surface area contributed by atoms with Crippen LogP contribution in [-0.4, -0.2) is 4.57 Å². The van der Waals surface area contributed by atoms with E-state index in [0.29, 0.717) is 0 Å². The average Bonchev–Trinajstić information content (AvgIpc) is 3.62. The van der Waals surface area contributed by atoms with Gasteiger partial charge in [-0.2, -0.15) is 0 Å². The van der Waals surface area contributed by atoms with Crippen molar-refractivity contribution >= 4 is 71.2 Å². The van der Waals surface area contributed by atoms with Crippen LogP contribution < -0.4 is 4.90 Å². The normalized spacial score (nSPS) is 12.4. The van der Waals surface area contributed by atoms with Gasteiger partial charge in [-0.1, -0.05) is 181 Å². The molecule has 300 valence electrons. The lowest BCUT2D eigenvalue weighted by molar-refractivity contribution is 0.569. The molecule has 10 aromatic carbocycles. The molecule has 0 fully saturated rings. The number of nitrogens with zero attached hydrogens (tertiary/aromatic N) is 2. The summed E-state index contributed by atoms with van der Waals surface area (Å²) in [7, 11) is 0. The molecular weight excluding hydrogens is 749 g/mol. The monoisotopic (exact) mass is 798 g/mol. The van der Waals surface area contributed by atoms with Crippen LogP contribution in [0.3, 0.4) is 0 Å². The molecule has 0 atom stereocenters. The van der Waals surface area contributed by atoms with Crippen molar-refractivity contribution in [1.82, 2.24) is 4.57 Å². The molecule has 0 bridgehead atoms. The summed E-state index contributed by atoms with van der Waals surface area (Å²) in [5.74, 6) is 0. The van der Waals surface area contributed by atoms with Gasteiger partial charge in [0.15, 0.2) is 0 Å². The molecule has 11 aromatic rings. The van der Waals surface area contributed by atoms with Gasteiger partial charge in [-0.25, -0.2) is 0 Å². The number of aromatic nitrogens is 1. The Labute approximate surface area is 364 Å².